The van der Waals surface area contributed by atoms with E-state index in [4.69, 9.17) is 6.58 Å². The van der Waals surface area contributed by atoms with Gasteiger partial charge in [-0.05, 0) is 6.42 Å². The van der Waals surface area contributed by atoms with Crippen molar-refractivity contribution in [2.45, 2.75) is 26.2 Å². The van der Waals surface area contributed by atoms with Gasteiger partial charge in [0.15, 0.2) is 0 Å². The summed E-state index contributed by atoms with van der Waals surface area (Å²) in [4.78, 5) is 0. The fourth-order valence-electron chi connectivity index (χ4n) is 0.497. The summed E-state index contributed by atoms with van der Waals surface area (Å²) in [6.45, 7) is 7.28. The van der Waals surface area contributed by atoms with Gasteiger partial charge in [-0.15, -0.1) is 0 Å². The summed E-state index contributed by atoms with van der Waals surface area (Å²) in [5.74, 6) is 0. The normalized spacial score (nSPS) is 10.1. The molecule has 0 atom stereocenters. The molecule has 0 rings (SSSR count). The zero-order chi connectivity index (χ0) is 6.24. The molecular formula is C8H13. The van der Waals surface area contributed by atoms with Crippen molar-refractivity contribution in [3.8, 4) is 0 Å². The third kappa shape index (κ3) is 5.48. The number of hydrogen-bond acceptors (Lipinski definition) is 0. The van der Waals surface area contributed by atoms with Crippen molar-refractivity contribution in [3.05, 3.63) is 24.8 Å². The molecular weight excluding hydrogens is 96.1 g/mol. The molecule has 0 saturated heterocycles. The van der Waals surface area contributed by atoms with Crippen LogP contribution in [0.2, 0.25) is 0 Å². The highest BCUT2D eigenvalue weighted by Crippen LogP contribution is 1.93. The first-order valence-corrected chi connectivity index (χ1v) is 3.12. The maximum atomic E-state index is 5.10. The quantitative estimate of drug-likeness (QED) is 0.384. The van der Waals surface area contributed by atoms with E-state index in [2.05, 4.69) is 13.0 Å². The molecule has 0 fully saturated rings. The van der Waals surface area contributed by atoms with E-state index in [-0.39, 0.29) is 0 Å². The van der Waals surface area contributed by atoms with Crippen LogP contribution in [0.15, 0.2) is 18.2 Å². The monoisotopic (exact) mass is 109 g/mol. The fraction of sp³-hybridized carbons (Fsp3) is 0.500. The zero-order valence-electron chi connectivity index (χ0n) is 5.43. The minimum atomic E-state index is 1.16. The van der Waals surface area contributed by atoms with E-state index in [0.717, 1.165) is 6.42 Å². The summed E-state index contributed by atoms with van der Waals surface area (Å²) in [5.41, 5.74) is 0. The molecule has 0 heteroatoms. The maximum absolute atomic E-state index is 5.10. The number of rotatable bonds is 4. The summed E-state index contributed by atoms with van der Waals surface area (Å²) in [6, 6.07) is 0. The van der Waals surface area contributed by atoms with E-state index >= 15 is 0 Å². The Morgan fingerprint density at radius 2 is 2.25 bits per heavy atom. The third-order valence-corrected chi connectivity index (χ3v) is 0.972. The molecule has 0 amide bonds. The predicted octanol–water partition coefficient (Wildman–Crippen LogP) is 2.72. The Labute approximate surface area is 51.9 Å². The van der Waals surface area contributed by atoms with Crippen LogP contribution in [0.4, 0.5) is 0 Å². The first-order valence-electron chi connectivity index (χ1n) is 3.12. The lowest BCUT2D eigenvalue weighted by molar-refractivity contribution is 0.815. The van der Waals surface area contributed by atoms with E-state index in [1.54, 1.807) is 6.08 Å². The molecule has 0 heterocycles. The molecule has 8 heavy (non-hydrogen) atoms. The smallest absolute Gasteiger partial charge is 0.0348 e. The molecule has 0 N–H and O–H groups in total. The maximum Gasteiger partial charge on any atom is -0.0348 e. The van der Waals surface area contributed by atoms with Crippen molar-refractivity contribution in [3.63, 3.8) is 0 Å². The second-order valence-electron chi connectivity index (χ2n) is 1.76. The van der Waals surface area contributed by atoms with Gasteiger partial charge in [0.05, 0.1) is 0 Å². The van der Waals surface area contributed by atoms with Crippen molar-refractivity contribution in [2.24, 2.45) is 0 Å². The van der Waals surface area contributed by atoms with Gasteiger partial charge in [-0.2, -0.15) is 0 Å². The lowest BCUT2D eigenvalue weighted by Crippen LogP contribution is -1.64. The SMILES string of the molecule is [CH]=CC=CCCCC. The van der Waals surface area contributed by atoms with Crippen LogP contribution in [0.25, 0.3) is 0 Å². The van der Waals surface area contributed by atoms with Crippen LogP contribution in [0, 0.1) is 6.58 Å². The Morgan fingerprint density at radius 1 is 1.50 bits per heavy atom. The summed E-state index contributed by atoms with van der Waals surface area (Å²) in [6.07, 6.45) is 9.22. The van der Waals surface area contributed by atoms with Crippen LogP contribution in [-0.4, -0.2) is 0 Å². The van der Waals surface area contributed by atoms with E-state index < -0.39 is 0 Å². The molecule has 0 aromatic rings. The Hall–Kier alpha value is -0.520. The van der Waals surface area contributed by atoms with Crippen LogP contribution in [-0.2, 0) is 0 Å². The number of unbranched alkanes of at least 4 members (excludes halogenated alkanes) is 2. The largest absolute Gasteiger partial charge is 0.0845 e. The van der Waals surface area contributed by atoms with Gasteiger partial charge in [-0.25, -0.2) is 0 Å². The van der Waals surface area contributed by atoms with Gasteiger partial charge in [0.1, 0.15) is 0 Å². The molecule has 0 unspecified atom stereocenters. The summed E-state index contributed by atoms with van der Waals surface area (Å²) >= 11 is 0. The van der Waals surface area contributed by atoms with Gasteiger partial charge in [-0.1, -0.05) is 44.6 Å². The molecule has 0 spiro atoms. The van der Waals surface area contributed by atoms with Gasteiger partial charge in [0.25, 0.3) is 0 Å². The van der Waals surface area contributed by atoms with Gasteiger partial charge >= 0.3 is 0 Å². The molecule has 0 aliphatic heterocycles. The Bertz CT molecular complexity index is 70.1. The summed E-state index contributed by atoms with van der Waals surface area (Å²) in [5, 5.41) is 0. The summed E-state index contributed by atoms with van der Waals surface area (Å²) < 4.78 is 0. The second-order valence-corrected chi connectivity index (χ2v) is 1.76. The first-order chi connectivity index (χ1) is 3.91. The minimum absolute atomic E-state index is 1.16. The van der Waals surface area contributed by atoms with Crippen molar-refractivity contribution < 1.29 is 0 Å². The molecule has 0 saturated carbocycles. The van der Waals surface area contributed by atoms with Crippen LogP contribution in [0.3, 0.4) is 0 Å². The molecule has 45 valence electrons. The Morgan fingerprint density at radius 3 is 2.75 bits per heavy atom. The highest BCUT2D eigenvalue weighted by Gasteiger charge is 1.73. The van der Waals surface area contributed by atoms with Crippen molar-refractivity contribution in [2.75, 3.05) is 0 Å². The molecule has 0 aliphatic rings. The van der Waals surface area contributed by atoms with Gasteiger partial charge < -0.3 is 0 Å². The molecule has 0 nitrogen and oxygen atoms in total. The average Bonchev–Trinajstić information content (AvgIpc) is 1.81. The van der Waals surface area contributed by atoms with Crippen LogP contribution in [0.5, 0.6) is 0 Å². The lowest BCUT2D eigenvalue weighted by atomic mass is 10.2. The molecule has 0 aromatic heterocycles. The zero-order valence-corrected chi connectivity index (χ0v) is 5.43. The highest BCUT2D eigenvalue weighted by atomic mass is 13.8. The van der Waals surface area contributed by atoms with E-state index in [9.17, 15) is 0 Å². The van der Waals surface area contributed by atoms with Gasteiger partial charge in [0, 0.05) is 0 Å². The lowest BCUT2D eigenvalue weighted by Gasteiger charge is -1.84. The van der Waals surface area contributed by atoms with E-state index in [0.29, 0.717) is 0 Å². The third-order valence-electron chi connectivity index (χ3n) is 0.972. The van der Waals surface area contributed by atoms with Gasteiger partial charge in [-0.3, -0.25) is 0 Å². The average molecular weight is 109 g/mol. The number of hydrogen-bond donors (Lipinski definition) is 0. The van der Waals surface area contributed by atoms with Crippen LogP contribution < -0.4 is 0 Å². The Balaban J connectivity index is 2.91. The number of allylic oxidation sites excluding steroid dienone is 3. The molecule has 0 aromatic carbocycles. The Kier molecular flexibility index (Phi) is 6.06. The van der Waals surface area contributed by atoms with E-state index in [1.165, 1.54) is 12.8 Å². The standard InChI is InChI=1S/C8H13/c1-3-5-7-8-6-4-2/h1,3,5,7H,4,6,8H2,2H3. The minimum Gasteiger partial charge on any atom is -0.0845 e. The van der Waals surface area contributed by atoms with Gasteiger partial charge in [0.2, 0.25) is 0 Å². The van der Waals surface area contributed by atoms with Crippen molar-refractivity contribution in [1.29, 1.82) is 0 Å². The predicted molar refractivity (Wildman–Crippen MR) is 37.5 cm³/mol. The molecule has 1 radical (unpaired) electrons. The van der Waals surface area contributed by atoms with Crippen molar-refractivity contribution >= 4 is 0 Å². The molecule has 0 bridgehead atoms. The summed E-state index contributed by atoms with van der Waals surface area (Å²) in [7, 11) is 0. The van der Waals surface area contributed by atoms with Crippen LogP contribution >= 0.6 is 0 Å². The van der Waals surface area contributed by atoms with E-state index in [1.807, 2.05) is 6.08 Å². The second kappa shape index (κ2) is 6.48. The molecule has 0 aliphatic carbocycles. The van der Waals surface area contributed by atoms with Crippen LogP contribution in [0.1, 0.15) is 26.2 Å². The highest BCUT2D eigenvalue weighted by molar-refractivity contribution is 4.95. The topological polar surface area (TPSA) is 0 Å². The first kappa shape index (κ1) is 7.48. The van der Waals surface area contributed by atoms with Crippen molar-refractivity contribution in [1.82, 2.24) is 0 Å². The fourth-order valence-corrected chi connectivity index (χ4v) is 0.497.